The molecule has 5 heteroatoms. The lowest BCUT2D eigenvalue weighted by molar-refractivity contribution is -0.000657. The fourth-order valence-corrected chi connectivity index (χ4v) is 2.87. The lowest BCUT2D eigenvalue weighted by Gasteiger charge is -2.28. The van der Waals surface area contributed by atoms with Crippen molar-refractivity contribution in [2.75, 3.05) is 13.2 Å². The first-order valence-electron chi connectivity index (χ1n) is 7.89. The Kier molecular flexibility index (Phi) is 6.55. The summed E-state index contributed by atoms with van der Waals surface area (Å²) in [5.74, 6) is 1.54. The van der Waals surface area contributed by atoms with E-state index in [1.807, 2.05) is 0 Å². The molecule has 0 radical (unpaired) electrons. The maximum absolute atomic E-state index is 9.01. The Morgan fingerprint density at radius 3 is 2.57 bits per heavy atom. The Morgan fingerprint density at radius 1 is 1.14 bits per heavy atom. The summed E-state index contributed by atoms with van der Waals surface area (Å²) in [7, 11) is -1.43. The van der Waals surface area contributed by atoms with Crippen LogP contribution in [-0.4, -0.2) is 36.5 Å². The van der Waals surface area contributed by atoms with Crippen LogP contribution in [0.25, 0.3) is 0 Å². The number of ether oxygens (including phenoxy) is 2. The molecule has 0 amide bonds. The van der Waals surface area contributed by atoms with E-state index in [0.29, 0.717) is 24.8 Å². The van der Waals surface area contributed by atoms with Gasteiger partial charge in [0, 0.05) is 0 Å². The van der Waals surface area contributed by atoms with Gasteiger partial charge in [0.15, 0.2) is 0 Å². The molecular weight excluding hydrogens is 267 g/mol. The molecule has 4 nitrogen and oxygen atoms in total. The van der Waals surface area contributed by atoms with E-state index in [1.54, 1.807) is 24.3 Å². The normalized spacial score (nSPS) is 22.0. The number of hydrogen-bond acceptors (Lipinski definition) is 4. The van der Waals surface area contributed by atoms with Crippen LogP contribution in [0.2, 0.25) is 0 Å². The lowest BCUT2D eigenvalue weighted by atomic mass is 9.80. The maximum Gasteiger partial charge on any atom is 0.488 e. The molecule has 21 heavy (non-hydrogen) atoms. The van der Waals surface area contributed by atoms with Crippen molar-refractivity contribution in [1.82, 2.24) is 0 Å². The Morgan fingerprint density at radius 2 is 1.90 bits per heavy atom. The van der Waals surface area contributed by atoms with Gasteiger partial charge < -0.3 is 19.5 Å². The number of hydrogen-bond donors (Lipinski definition) is 2. The largest absolute Gasteiger partial charge is 0.491 e. The molecular formula is C16H25BO4. The fraction of sp³-hybridized carbons (Fsp3) is 0.625. The summed E-state index contributed by atoms with van der Waals surface area (Å²) in [6, 6.07) is 6.77. The van der Waals surface area contributed by atoms with Gasteiger partial charge in [0.1, 0.15) is 12.4 Å². The number of rotatable bonds is 7. The van der Waals surface area contributed by atoms with Gasteiger partial charge in [0.05, 0.1) is 12.7 Å². The molecule has 1 aromatic rings. The maximum atomic E-state index is 9.01. The summed E-state index contributed by atoms with van der Waals surface area (Å²) in [5.41, 5.74) is 0.464. The molecule has 0 aliphatic heterocycles. The van der Waals surface area contributed by atoms with E-state index in [4.69, 9.17) is 19.5 Å². The third-order valence-corrected chi connectivity index (χ3v) is 4.20. The minimum Gasteiger partial charge on any atom is -0.491 e. The van der Waals surface area contributed by atoms with Crippen LogP contribution >= 0.6 is 0 Å². The summed E-state index contributed by atoms with van der Waals surface area (Å²) >= 11 is 0. The molecule has 2 N–H and O–H groups in total. The standard InChI is InChI=1S/C16H25BO4/c1-2-13-4-3-5-16(12-13)21-11-10-20-15-8-6-14(7-9-15)17(18)19/h6-9,13,16,18-19H,2-5,10-12H2,1H3. The van der Waals surface area contributed by atoms with E-state index in [2.05, 4.69) is 6.92 Å². The number of benzene rings is 1. The highest BCUT2D eigenvalue weighted by molar-refractivity contribution is 6.58. The lowest BCUT2D eigenvalue weighted by Crippen LogP contribution is -2.29. The van der Waals surface area contributed by atoms with E-state index in [0.717, 1.165) is 11.7 Å². The van der Waals surface area contributed by atoms with Gasteiger partial charge in [0.25, 0.3) is 0 Å². The average molecular weight is 292 g/mol. The van der Waals surface area contributed by atoms with E-state index >= 15 is 0 Å². The first-order chi connectivity index (χ1) is 10.2. The summed E-state index contributed by atoms with van der Waals surface area (Å²) in [5, 5.41) is 18.0. The van der Waals surface area contributed by atoms with Crippen LogP contribution in [-0.2, 0) is 4.74 Å². The highest BCUT2D eigenvalue weighted by Crippen LogP contribution is 2.28. The summed E-state index contributed by atoms with van der Waals surface area (Å²) in [6.45, 7) is 3.38. The Hall–Kier alpha value is -1.04. The van der Waals surface area contributed by atoms with Crippen molar-refractivity contribution in [1.29, 1.82) is 0 Å². The smallest absolute Gasteiger partial charge is 0.488 e. The molecule has 1 fully saturated rings. The third-order valence-electron chi connectivity index (χ3n) is 4.20. The van der Waals surface area contributed by atoms with Crippen molar-refractivity contribution < 1.29 is 19.5 Å². The Bertz CT molecular complexity index is 407. The fourth-order valence-electron chi connectivity index (χ4n) is 2.87. The molecule has 0 saturated heterocycles. The molecule has 1 aliphatic rings. The molecule has 0 bridgehead atoms. The molecule has 1 aliphatic carbocycles. The second-order valence-electron chi connectivity index (χ2n) is 5.72. The minimum absolute atomic E-state index is 0.388. The van der Waals surface area contributed by atoms with Gasteiger partial charge in [0.2, 0.25) is 0 Å². The first kappa shape index (κ1) is 16.3. The zero-order valence-electron chi connectivity index (χ0n) is 12.7. The topological polar surface area (TPSA) is 58.9 Å². The van der Waals surface area contributed by atoms with E-state index in [-0.39, 0.29) is 0 Å². The van der Waals surface area contributed by atoms with Crippen LogP contribution in [0.1, 0.15) is 39.0 Å². The van der Waals surface area contributed by atoms with Crippen molar-refractivity contribution in [3.05, 3.63) is 24.3 Å². The molecule has 1 aromatic carbocycles. The predicted octanol–water partition coefficient (Wildman–Crippen LogP) is 1.73. The van der Waals surface area contributed by atoms with Crippen molar-refractivity contribution >= 4 is 12.6 Å². The third kappa shape index (κ3) is 5.34. The van der Waals surface area contributed by atoms with Gasteiger partial charge in [-0.25, -0.2) is 0 Å². The molecule has 2 unspecified atom stereocenters. The van der Waals surface area contributed by atoms with Crippen LogP contribution in [0.3, 0.4) is 0 Å². The predicted molar refractivity (Wildman–Crippen MR) is 83.8 cm³/mol. The zero-order valence-corrected chi connectivity index (χ0v) is 12.7. The minimum atomic E-state index is -1.43. The van der Waals surface area contributed by atoms with Gasteiger partial charge in [-0.15, -0.1) is 0 Å². The zero-order chi connectivity index (χ0) is 15.1. The van der Waals surface area contributed by atoms with Crippen molar-refractivity contribution in [2.45, 2.75) is 45.1 Å². The summed E-state index contributed by atoms with van der Waals surface area (Å²) in [6.07, 6.45) is 6.60. The van der Waals surface area contributed by atoms with Crippen LogP contribution in [0, 0.1) is 5.92 Å². The van der Waals surface area contributed by atoms with Crippen LogP contribution in [0.15, 0.2) is 24.3 Å². The Labute approximate surface area is 127 Å². The highest BCUT2D eigenvalue weighted by atomic mass is 16.5. The molecule has 2 atom stereocenters. The molecule has 116 valence electrons. The van der Waals surface area contributed by atoms with Gasteiger partial charge >= 0.3 is 7.12 Å². The van der Waals surface area contributed by atoms with Crippen molar-refractivity contribution in [3.63, 3.8) is 0 Å². The van der Waals surface area contributed by atoms with Gasteiger partial charge in [-0.2, -0.15) is 0 Å². The van der Waals surface area contributed by atoms with Crippen LogP contribution < -0.4 is 10.2 Å². The van der Waals surface area contributed by atoms with E-state index in [9.17, 15) is 0 Å². The van der Waals surface area contributed by atoms with Gasteiger partial charge in [-0.1, -0.05) is 38.3 Å². The summed E-state index contributed by atoms with van der Waals surface area (Å²) < 4.78 is 11.5. The van der Waals surface area contributed by atoms with Crippen LogP contribution in [0.4, 0.5) is 0 Å². The first-order valence-corrected chi connectivity index (χ1v) is 7.89. The van der Waals surface area contributed by atoms with E-state index in [1.165, 1.54) is 32.1 Å². The van der Waals surface area contributed by atoms with E-state index < -0.39 is 7.12 Å². The highest BCUT2D eigenvalue weighted by Gasteiger charge is 2.20. The van der Waals surface area contributed by atoms with Gasteiger partial charge in [-0.3, -0.25) is 0 Å². The van der Waals surface area contributed by atoms with Crippen molar-refractivity contribution in [2.24, 2.45) is 5.92 Å². The average Bonchev–Trinajstić information content (AvgIpc) is 2.52. The molecule has 2 rings (SSSR count). The van der Waals surface area contributed by atoms with Crippen LogP contribution in [0.5, 0.6) is 5.75 Å². The molecule has 1 saturated carbocycles. The molecule has 0 aromatic heterocycles. The SMILES string of the molecule is CCC1CCCC(OCCOc2ccc(B(O)O)cc2)C1. The van der Waals surface area contributed by atoms with Crippen molar-refractivity contribution in [3.8, 4) is 5.75 Å². The Balaban J connectivity index is 1.65. The molecule has 0 spiro atoms. The monoisotopic (exact) mass is 292 g/mol. The quantitative estimate of drug-likeness (QED) is 0.593. The molecule has 0 heterocycles. The second-order valence-corrected chi connectivity index (χ2v) is 5.72. The second kappa shape index (κ2) is 8.42. The summed E-state index contributed by atoms with van der Waals surface area (Å²) in [4.78, 5) is 0. The van der Waals surface area contributed by atoms with Gasteiger partial charge in [-0.05, 0) is 36.4 Å².